The van der Waals surface area contributed by atoms with E-state index in [1.165, 1.54) is 32.1 Å². The van der Waals surface area contributed by atoms with Crippen molar-refractivity contribution in [3.8, 4) is 0 Å². The number of rotatable bonds is 3. The van der Waals surface area contributed by atoms with Crippen LogP contribution in [0.2, 0.25) is 0 Å². The molecule has 0 amide bonds. The van der Waals surface area contributed by atoms with Crippen molar-refractivity contribution >= 4 is 5.82 Å². The van der Waals surface area contributed by atoms with Crippen molar-refractivity contribution in [2.24, 2.45) is 5.92 Å². The zero-order valence-corrected chi connectivity index (χ0v) is 7.95. The van der Waals surface area contributed by atoms with E-state index < -0.39 is 0 Å². The summed E-state index contributed by atoms with van der Waals surface area (Å²) in [7, 11) is 0. The van der Waals surface area contributed by atoms with Gasteiger partial charge in [-0.2, -0.15) is 5.10 Å². The molecular formula is C10H17N3. The van der Waals surface area contributed by atoms with Gasteiger partial charge in [-0.3, -0.25) is 4.68 Å². The van der Waals surface area contributed by atoms with Crippen LogP contribution >= 0.6 is 0 Å². The maximum absolute atomic E-state index is 5.73. The van der Waals surface area contributed by atoms with Gasteiger partial charge in [0, 0.05) is 6.54 Å². The van der Waals surface area contributed by atoms with E-state index in [9.17, 15) is 0 Å². The lowest BCUT2D eigenvalue weighted by atomic mass is 10.0. The molecule has 0 spiro atoms. The van der Waals surface area contributed by atoms with E-state index in [4.69, 9.17) is 5.73 Å². The van der Waals surface area contributed by atoms with Crippen molar-refractivity contribution < 1.29 is 0 Å². The van der Waals surface area contributed by atoms with Gasteiger partial charge in [0.1, 0.15) is 5.82 Å². The summed E-state index contributed by atoms with van der Waals surface area (Å²) in [5.74, 6) is 1.71. The monoisotopic (exact) mass is 179 g/mol. The third-order valence-electron chi connectivity index (χ3n) is 2.97. The van der Waals surface area contributed by atoms with Crippen molar-refractivity contribution in [3.05, 3.63) is 12.3 Å². The first-order valence-corrected chi connectivity index (χ1v) is 5.13. The summed E-state index contributed by atoms with van der Waals surface area (Å²) >= 11 is 0. The maximum Gasteiger partial charge on any atom is 0.121 e. The lowest BCUT2D eigenvalue weighted by molar-refractivity contribution is 0.442. The predicted molar refractivity (Wildman–Crippen MR) is 53.2 cm³/mol. The second-order valence-electron chi connectivity index (χ2n) is 3.92. The van der Waals surface area contributed by atoms with Crippen molar-refractivity contribution in [2.45, 2.75) is 38.6 Å². The van der Waals surface area contributed by atoms with E-state index in [0.717, 1.165) is 18.3 Å². The molecule has 1 heterocycles. The number of nitrogen functional groups attached to an aromatic ring is 1. The molecule has 3 nitrogen and oxygen atoms in total. The zero-order valence-electron chi connectivity index (χ0n) is 7.95. The summed E-state index contributed by atoms with van der Waals surface area (Å²) in [6.07, 6.45) is 8.65. The van der Waals surface area contributed by atoms with Gasteiger partial charge in [-0.15, -0.1) is 0 Å². The van der Waals surface area contributed by atoms with Crippen molar-refractivity contribution in [1.29, 1.82) is 0 Å². The largest absolute Gasteiger partial charge is 0.384 e. The van der Waals surface area contributed by atoms with Gasteiger partial charge in [-0.05, 0) is 18.4 Å². The molecule has 1 aliphatic rings. The van der Waals surface area contributed by atoms with Crippen LogP contribution in [-0.4, -0.2) is 9.78 Å². The molecule has 0 bridgehead atoms. The lowest BCUT2D eigenvalue weighted by Gasteiger charge is -2.09. The third kappa shape index (κ3) is 2.02. The molecule has 2 rings (SSSR count). The molecule has 0 saturated heterocycles. The number of anilines is 1. The molecule has 1 saturated carbocycles. The van der Waals surface area contributed by atoms with Gasteiger partial charge in [-0.25, -0.2) is 0 Å². The minimum atomic E-state index is 0.790. The molecule has 1 fully saturated rings. The van der Waals surface area contributed by atoms with Crippen LogP contribution in [0.4, 0.5) is 5.82 Å². The standard InChI is InChI=1S/C10H17N3/c11-10-5-7-12-13(10)8-6-9-3-1-2-4-9/h5,7,9H,1-4,6,8,11H2. The van der Waals surface area contributed by atoms with E-state index in [1.807, 2.05) is 10.7 Å². The Morgan fingerprint density at radius 2 is 2.23 bits per heavy atom. The lowest BCUT2D eigenvalue weighted by Crippen LogP contribution is -2.07. The molecule has 13 heavy (non-hydrogen) atoms. The molecule has 0 radical (unpaired) electrons. The second-order valence-corrected chi connectivity index (χ2v) is 3.92. The van der Waals surface area contributed by atoms with Gasteiger partial charge >= 0.3 is 0 Å². The van der Waals surface area contributed by atoms with Crippen LogP contribution in [0.25, 0.3) is 0 Å². The normalized spacial score (nSPS) is 18.2. The van der Waals surface area contributed by atoms with Gasteiger partial charge in [-0.1, -0.05) is 25.7 Å². The Hall–Kier alpha value is -0.990. The quantitative estimate of drug-likeness (QED) is 0.771. The Morgan fingerprint density at radius 1 is 1.46 bits per heavy atom. The van der Waals surface area contributed by atoms with E-state index in [0.29, 0.717) is 0 Å². The number of aromatic nitrogens is 2. The molecule has 0 aliphatic heterocycles. The average Bonchev–Trinajstić information content (AvgIpc) is 2.72. The summed E-state index contributed by atoms with van der Waals surface area (Å²) in [6, 6.07) is 1.86. The SMILES string of the molecule is Nc1ccnn1CCC1CCCC1. The fraction of sp³-hybridized carbons (Fsp3) is 0.700. The topological polar surface area (TPSA) is 43.8 Å². The van der Waals surface area contributed by atoms with E-state index >= 15 is 0 Å². The highest BCUT2D eigenvalue weighted by molar-refractivity contribution is 5.25. The van der Waals surface area contributed by atoms with Gasteiger partial charge in [0.25, 0.3) is 0 Å². The fourth-order valence-corrected chi connectivity index (χ4v) is 2.13. The molecule has 1 aromatic rings. The smallest absolute Gasteiger partial charge is 0.121 e. The van der Waals surface area contributed by atoms with Crippen LogP contribution in [-0.2, 0) is 6.54 Å². The summed E-state index contributed by atoms with van der Waals surface area (Å²) in [5, 5.41) is 4.17. The number of hydrogen-bond acceptors (Lipinski definition) is 2. The molecule has 0 atom stereocenters. The molecular weight excluding hydrogens is 162 g/mol. The van der Waals surface area contributed by atoms with Crippen LogP contribution in [0.15, 0.2) is 12.3 Å². The van der Waals surface area contributed by atoms with Gasteiger partial charge in [0.15, 0.2) is 0 Å². The molecule has 1 aliphatic carbocycles. The van der Waals surface area contributed by atoms with E-state index in [-0.39, 0.29) is 0 Å². The average molecular weight is 179 g/mol. The molecule has 2 N–H and O–H groups in total. The van der Waals surface area contributed by atoms with E-state index in [2.05, 4.69) is 5.10 Å². The molecule has 72 valence electrons. The van der Waals surface area contributed by atoms with Gasteiger partial charge < -0.3 is 5.73 Å². The van der Waals surface area contributed by atoms with Crippen LogP contribution in [0.5, 0.6) is 0 Å². The highest BCUT2D eigenvalue weighted by Gasteiger charge is 2.14. The summed E-state index contributed by atoms with van der Waals surface area (Å²) in [6.45, 7) is 0.990. The number of nitrogens with two attached hydrogens (primary N) is 1. The first-order chi connectivity index (χ1) is 6.36. The van der Waals surface area contributed by atoms with Crippen LogP contribution in [0.1, 0.15) is 32.1 Å². The molecule has 0 unspecified atom stereocenters. The minimum absolute atomic E-state index is 0.790. The highest BCUT2D eigenvalue weighted by Crippen LogP contribution is 2.27. The minimum Gasteiger partial charge on any atom is -0.384 e. The number of nitrogens with zero attached hydrogens (tertiary/aromatic N) is 2. The van der Waals surface area contributed by atoms with Crippen LogP contribution < -0.4 is 5.73 Å². The van der Waals surface area contributed by atoms with Crippen molar-refractivity contribution in [2.75, 3.05) is 5.73 Å². The first kappa shape index (κ1) is 8.60. The molecule has 1 aromatic heterocycles. The Labute approximate surface area is 78.9 Å². The highest BCUT2D eigenvalue weighted by atomic mass is 15.3. The van der Waals surface area contributed by atoms with Gasteiger partial charge in [0.05, 0.1) is 6.20 Å². The first-order valence-electron chi connectivity index (χ1n) is 5.13. The van der Waals surface area contributed by atoms with Crippen molar-refractivity contribution in [3.63, 3.8) is 0 Å². The summed E-state index contributed by atoms with van der Waals surface area (Å²) < 4.78 is 1.90. The number of hydrogen-bond donors (Lipinski definition) is 1. The zero-order chi connectivity index (χ0) is 9.10. The number of aryl methyl sites for hydroxylation is 1. The van der Waals surface area contributed by atoms with Crippen molar-refractivity contribution in [1.82, 2.24) is 9.78 Å². The fourth-order valence-electron chi connectivity index (χ4n) is 2.13. The van der Waals surface area contributed by atoms with Crippen LogP contribution in [0.3, 0.4) is 0 Å². The maximum atomic E-state index is 5.73. The van der Waals surface area contributed by atoms with Gasteiger partial charge in [0.2, 0.25) is 0 Å². The van der Waals surface area contributed by atoms with E-state index in [1.54, 1.807) is 6.20 Å². The molecule has 0 aromatic carbocycles. The Balaban J connectivity index is 1.82. The summed E-state index contributed by atoms with van der Waals surface area (Å²) in [5.41, 5.74) is 5.73. The molecule has 3 heteroatoms. The Morgan fingerprint density at radius 3 is 2.85 bits per heavy atom. The Bertz CT molecular complexity index is 261. The Kier molecular flexibility index (Phi) is 2.52. The predicted octanol–water partition coefficient (Wildman–Crippen LogP) is 2.05. The second kappa shape index (κ2) is 3.81. The summed E-state index contributed by atoms with van der Waals surface area (Å²) in [4.78, 5) is 0. The third-order valence-corrected chi connectivity index (χ3v) is 2.97. The van der Waals surface area contributed by atoms with Crippen LogP contribution in [0, 0.1) is 5.92 Å².